The second-order valence-electron chi connectivity index (χ2n) is 5.84. The SMILES string of the molecule is Cc1c(-c2ccn3c(-c4ccccc4)cnc3c2)nn(C)c1C. The van der Waals surface area contributed by atoms with Crippen LogP contribution in [0.3, 0.4) is 0 Å². The lowest BCUT2D eigenvalue weighted by molar-refractivity contribution is 0.741. The Kier molecular flexibility index (Phi) is 3.05. The normalized spacial score (nSPS) is 11.3. The molecule has 0 N–H and O–H groups in total. The molecule has 0 aliphatic heterocycles. The van der Waals surface area contributed by atoms with Crippen molar-refractivity contribution >= 4 is 5.65 Å². The summed E-state index contributed by atoms with van der Waals surface area (Å²) in [5.41, 5.74) is 7.73. The predicted octanol–water partition coefficient (Wildman–Crippen LogP) is 4.02. The molecule has 0 radical (unpaired) electrons. The number of imidazole rings is 1. The van der Waals surface area contributed by atoms with Crippen molar-refractivity contribution in [2.75, 3.05) is 0 Å². The summed E-state index contributed by atoms with van der Waals surface area (Å²) in [4.78, 5) is 4.57. The summed E-state index contributed by atoms with van der Waals surface area (Å²) in [7, 11) is 1.98. The number of aryl methyl sites for hydroxylation is 1. The highest BCUT2D eigenvalue weighted by atomic mass is 15.3. The van der Waals surface area contributed by atoms with Crippen LogP contribution in [0.1, 0.15) is 11.3 Å². The summed E-state index contributed by atoms with van der Waals surface area (Å²) in [6, 6.07) is 14.5. The van der Waals surface area contributed by atoms with E-state index >= 15 is 0 Å². The number of fused-ring (bicyclic) bond motifs is 1. The van der Waals surface area contributed by atoms with E-state index in [0.29, 0.717) is 0 Å². The maximum atomic E-state index is 4.63. The lowest BCUT2D eigenvalue weighted by Gasteiger charge is -2.04. The molecule has 0 bridgehead atoms. The molecule has 4 rings (SSSR count). The fourth-order valence-corrected chi connectivity index (χ4v) is 2.94. The number of rotatable bonds is 2. The largest absolute Gasteiger partial charge is 0.300 e. The van der Waals surface area contributed by atoms with E-state index in [1.165, 1.54) is 11.3 Å². The molecule has 0 saturated carbocycles. The second kappa shape index (κ2) is 5.09. The zero-order chi connectivity index (χ0) is 16.0. The Morgan fingerprint density at radius 1 is 0.957 bits per heavy atom. The Morgan fingerprint density at radius 3 is 2.43 bits per heavy atom. The Bertz CT molecular complexity index is 993. The van der Waals surface area contributed by atoms with Crippen LogP contribution in [0.25, 0.3) is 28.2 Å². The van der Waals surface area contributed by atoms with Crippen molar-refractivity contribution in [1.82, 2.24) is 19.2 Å². The fourth-order valence-electron chi connectivity index (χ4n) is 2.94. The molecule has 4 heteroatoms. The Morgan fingerprint density at radius 2 is 1.74 bits per heavy atom. The highest BCUT2D eigenvalue weighted by molar-refractivity contribution is 5.70. The van der Waals surface area contributed by atoms with E-state index < -0.39 is 0 Å². The summed E-state index contributed by atoms with van der Waals surface area (Å²) >= 11 is 0. The molecule has 0 fully saturated rings. The third-order valence-corrected chi connectivity index (χ3v) is 4.49. The number of aromatic nitrogens is 4. The molecule has 0 aliphatic rings. The lowest BCUT2D eigenvalue weighted by atomic mass is 10.1. The molecule has 0 spiro atoms. The minimum absolute atomic E-state index is 0.934. The van der Waals surface area contributed by atoms with Gasteiger partial charge in [-0.25, -0.2) is 4.98 Å². The van der Waals surface area contributed by atoms with Gasteiger partial charge in [0.15, 0.2) is 0 Å². The van der Waals surface area contributed by atoms with Gasteiger partial charge in [-0.1, -0.05) is 30.3 Å². The molecule has 0 atom stereocenters. The minimum atomic E-state index is 0.934. The highest BCUT2D eigenvalue weighted by Gasteiger charge is 2.13. The molecule has 3 heterocycles. The number of hydrogen-bond acceptors (Lipinski definition) is 2. The summed E-state index contributed by atoms with van der Waals surface area (Å²) < 4.78 is 4.04. The van der Waals surface area contributed by atoms with E-state index in [1.807, 2.05) is 36.1 Å². The maximum Gasteiger partial charge on any atom is 0.137 e. The van der Waals surface area contributed by atoms with Crippen LogP contribution in [0, 0.1) is 13.8 Å². The maximum absolute atomic E-state index is 4.63. The first-order valence-electron chi connectivity index (χ1n) is 7.68. The van der Waals surface area contributed by atoms with Crippen molar-refractivity contribution in [3.63, 3.8) is 0 Å². The van der Waals surface area contributed by atoms with Gasteiger partial charge in [0, 0.05) is 30.1 Å². The van der Waals surface area contributed by atoms with Crippen molar-refractivity contribution in [3.8, 4) is 22.5 Å². The van der Waals surface area contributed by atoms with Crippen LogP contribution in [-0.4, -0.2) is 19.2 Å². The van der Waals surface area contributed by atoms with Crippen LogP contribution in [-0.2, 0) is 7.05 Å². The van der Waals surface area contributed by atoms with Crippen LogP contribution >= 0.6 is 0 Å². The summed E-state index contributed by atoms with van der Waals surface area (Å²) in [5, 5.41) is 4.63. The van der Waals surface area contributed by atoms with Gasteiger partial charge in [-0.3, -0.25) is 9.08 Å². The third kappa shape index (κ3) is 2.14. The smallest absolute Gasteiger partial charge is 0.137 e. The van der Waals surface area contributed by atoms with Crippen molar-refractivity contribution in [3.05, 3.63) is 66.1 Å². The number of benzene rings is 1. The first kappa shape index (κ1) is 13.8. The van der Waals surface area contributed by atoms with Crippen molar-refractivity contribution < 1.29 is 0 Å². The average Bonchev–Trinajstić information content (AvgIpc) is 3.12. The van der Waals surface area contributed by atoms with E-state index in [2.05, 4.69) is 58.8 Å². The van der Waals surface area contributed by atoms with E-state index in [9.17, 15) is 0 Å². The van der Waals surface area contributed by atoms with Gasteiger partial charge < -0.3 is 0 Å². The van der Waals surface area contributed by atoms with Gasteiger partial charge in [0.25, 0.3) is 0 Å². The van der Waals surface area contributed by atoms with Crippen LogP contribution < -0.4 is 0 Å². The van der Waals surface area contributed by atoms with E-state index in [4.69, 9.17) is 0 Å². The van der Waals surface area contributed by atoms with Gasteiger partial charge in [0.1, 0.15) is 5.65 Å². The van der Waals surface area contributed by atoms with Gasteiger partial charge in [-0.05, 0) is 31.5 Å². The van der Waals surface area contributed by atoms with Gasteiger partial charge in [0.05, 0.1) is 17.6 Å². The van der Waals surface area contributed by atoms with Gasteiger partial charge in [-0.15, -0.1) is 0 Å². The van der Waals surface area contributed by atoms with E-state index in [-0.39, 0.29) is 0 Å². The molecule has 23 heavy (non-hydrogen) atoms. The Balaban J connectivity index is 1.86. The van der Waals surface area contributed by atoms with Crippen molar-refractivity contribution in [2.24, 2.45) is 7.05 Å². The molecule has 4 aromatic rings. The Hall–Kier alpha value is -2.88. The zero-order valence-electron chi connectivity index (χ0n) is 13.5. The monoisotopic (exact) mass is 302 g/mol. The fraction of sp³-hybridized carbons (Fsp3) is 0.158. The van der Waals surface area contributed by atoms with E-state index in [0.717, 1.165) is 28.2 Å². The standard InChI is InChI=1S/C19H18N4/c1-13-14(2)22(3)21-19(13)16-9-10-23-17(12-20-18(23)11-16)15-7-5-4-6-8-15/h4-12H,1-3H3. The number of nitrogens with zero attached hydrogens (tertiary/aromatic N) is 4. The predicted molar refractivity (Wildman–Crippen MR) is 92.3 cm³/mol. The quantitative estimate of drug-likeness (QED) is 0.560. The first-order valence-corrected chi connectivity index (χ1v) is 7.68. The zero-order valence-corrected chi connectivity index (χ0v) is 13.5. The summed E-state index contributed by atoms with van der Waals surface area (Å²) in [6.07, 6.45) is 3.99. The lowest BCUT2D eigenvalue weighted by Crippen LogP contribution is -1.93. The van der Waals surface area contributed by atoms with Gasteiger partial charge >= 0.3 is 0 Å². The topological polar surface area (TPSA) is 35.1 Å². The Labute approximate surface area is 135 Å². The molecule has 0 amide bonds. The minimum Gasteiger partial charge on any atom is -0.300 e. The number of pyridine rings is 1. The molecule has 114 valence electrons. The molecule has 0 saturated heterocycles. The molecule has 4 nitrogen and oxygen atoms in total. The van der Waals surface area contributed by atoms with Crippen molar-refractivity contribution in [2.45, 2.75) is 13.8 Å². The molecular formula is C19H18N4. The molecule has 0 unspecified atom stereocenters. The van der Waals surface area contributed by atoms with Gasteiger partial charge in [-0.2, -0.15) is 5.10 Å². The molecule has 1 aromatic carbocycles. The van der Waals surface area contributed by atoms with E-state index in [1.54, 1.807) is 0 Å². The second-order valence-corrected chi connectivity index (χ2v) is 5.84. The van der Waals surface area contributed by atoms with Gasteiger partial charge in [0.2, 0.25) is 0 Å². The van der Waals surface area contributed by atoms with Crippen molar-refractivity contribution in [1.29, 1.82) is 0 Å². The van der Waals surface area contributed by atoms with Crippen LogP contribution in [0.5, 0.6) is 0 Å². The first-order chi connectivity index (χ1) is 11.1. The highest BCUT2D eigenvalue weighted by Crippen LogP contribution is 2.27. The average molecular weight is 302 g/mol. The summed E-state index contributed by atoms with van der Waals surface area (Å²) in [6.45, 7) is 4.20. The molecule has 3 aromatic heterocycles. The summed E-state index contributed by atoms with van der Waals surface area (Å²) in [5.74, 6) is 0. The molecular weight excluding hydrogens is 284 g/mol. The van der Waals surface area contributed by atoms with Crippen LogP contribution in [0.4, 0.5) is 0 Å². The number of hydrogen-bond donors (Lipinski definition) is 0. The van der Waals surface area contributed by atoms with Crippen LogP contribution in [0.2, 0.25) is 0 Å². The third-order valence-electron chi connectivity index (χ3n) is 4.49. The van der Waals surface area contributed by atoms with Crippen LogP contribution in [0.15, 0.2) is 54.9 Å². The molecule has 0 aliphatic carbocycles.